The van der Waals surface area contributed by atoms with Gasteiger partial charge in [0.1, 0.15) is 11.0 Å². The molecule has 9 aromatic carbocycles. The zero-order valence-electron chi connectivity index (χ0n) is 39.4. The fraction of sp³-hybridized carbons (Fsp3) is 0.0625. The number of aromatic nitrogens is 7. The molecule has 12 aromatic rings. The van der Waals surface area contributed by atoms with Crippen LogP contribution < -0.4 is 0 Å². The average Bonchev–Trinajstić information content (AvgIpc) is 3.89. The topological polar surface area (TPSA) is 82.3 Å². The average molecular weight is 914 g/mol. The second-order valence-electron chi connectivity index (χ2n) is 18.5. The molecule has 12 rings (SSSR count). The molecule has 0 N–H and O–H groups in total. The van der Waals surface area contributed by atoms with Crippen LogP contribution in [-0.2, 0) is 11.8 Å². The monoisotopic (exact) mass is 913 g/mol. The summed E-state index contributed by atoms with van der Waals surface area (Å²) in [5.74, 6) is 1.59. The molecule has 0 atom stereocenters. The minimum Gasteiger partial charge on any atom is -0.275 e. The van der Waals surface area contributed by atoms with Gasteiger partial charge in [0.05, 0.1) is 33.8 Å². The van der Waals surface area contributed by atoms with Gasteiger partial charge in [-0.25, -0.2) is 19.9 Å². The molecule has 0 fully saturated rings. The van der Waals surface area contributed by atoms with Crippen LogP contribution in [0, 0.1) is 0 Å². The number of rotatable bonds is 11. The van der Waals surface area contributed by atoms with Crippen LogP contribution in [-0.4, -0.2) is 34.7 Å². The summed E-state index contributed by atoms with van der Waals surface area (Å²) in [5.41, 5.74) is 17.8. The maximum Gasteiger partial charge on any atom is 0.168 e. The van der Waals surface area contributed by atoms with Crippen molar-refractivity contribution in [2.75, 3.05) is 0 Å². The van der Waals surface area contributed by atoms with Gasteiger partial charge in [0.15, 0.2) is 11.6 Å². The minimum absolute atomic E-state index is 0.169. The standard InChI is InChI=1S/C64H47N7/c1-64(2,52-38-36-51(37-39-52)63-70-69-62(71(63)53-26-16-7-17-27-53)50-34-32-45(33-35-50)44-18-8-3-9-19-44)42-43-28-30-49(31-29-43)57-59(48-24-14-6-15-25-48)68-61-55(66-57)41-40-54-60(61)67-58(47-22-12-5-13-23-47)56(65-54)46-20-10-4-11-21-46/h3-41H,42H2,1-2H3. The third-order valence-electron chi connectivity index (χ3n) is 13.3. The molecule has 0 aliphatic rings. The van der Waals surface area contributed by atoms with E-state index in [1.807, 2.05) is 78.9 Å². The van der Waals surface area contributed by atoms with E-state index in [0.29, 0.717) is 5.52 Å². The molecule has 3 aromatic heterocycles. The van der Waals surface area contributed by atoms with Crippen molar-refractivity contribution in [3.8, 4) is 84.6 Å². The van der Waals surface area contributed by atoms with Crippen molar-refractivity contribution in [3.05, 3.63) is 248 Å². The van der Waals surface area contributed by atoms with Gasteiger partial charge in [-0.05, 0) is 58.4 Å². The summed E-state index contributed by atoms with van der Waals surface area (Å²) in [6.45, 7) is 4.61. The molecule has 0 amide bonds. The number of fused-ring (bicyclic) bond motifs is 3. The molecule has 0 saturated heterocycles. The van der Waals surface area contributed by atoms with Crippen molar-refractivity contribution >= 4 is 22.1 Å². The van der Waals surface area contributed by atoms with Crippen molar-refractivity contribution < 1.29 is 0 Å². The molecule has 338 valence electrons. The number of hydrogen-bond acceptors (Lipinski definition) is 6. The Morgan fingerprint density at radius 1 is 0.324 bits per heavy atom. The Morgan fingerprint density at radius 3 is 1.11 bits per heavy atom. The maximum atomic E-state index is 5.42. The first-order valence-electron chi connectivity index (χ1n) is 24.0. The van der Waals surface area contributed by atoms with Crippen LogP contribution in [0.2, 0.25) is 0 Å². The second kappa shape index (κ2) is 18.4. The summed E-state index contributed by atoms with van der Waals surface area (Å²) < 4.78 is 2.15. The predicted octanol–water partition coefficient (Wildman–Crippen LogP) is 15.3. The molecule has 0 spiro atoms. The van der Waals surface area contributed by atoms with E-state index in [-0.39, 0.29) is 5.41 Å². The zero-order chi connectivity index (χ0) is 47.7. The molecular weight excluding hydrogens is 867 g/mol. The highest BCUT2D eigenvalue weighted by molar-refractivity contribution is 6.03. The quantitative estimate of drug-likeness (QED) is 0.120. The first-order chi connectivity index (χ1) is 34.9. The van der Waals surface area contributed by atoms with Gasteiger partial charge in [-0.1, -0.05) is 226 Å². The van der Waals surface area contributed by atoms with Crippen molar-refractivity contribution in [2.24, 2.45) is 0 Å². The smallest absolute Gasteiger partial charge is 0.168 e. The van der Waals surface area contributed by atoms with Gasteiger partial charge in [-0.2, -0.15) is 0 Å². The Labute approximate surface area is 412 Å². The number of para-hydroxylation sites is 1. The van der Waals surface area contributed by atoms with Gasteiger partial charge >= 0.3 is 0 Å². The van der Waals surface area contributed by atoms with E-state index in [4.69, 9.17) is 30.1 Å². The van der Waals surface area contributed by atoms with E-state index in [2.05, 4.69) is 176 Å². The molecule has 7 nitrogen and oxygen atoms in total. The highest BCUT2D eigenvalue weighted by Crippen LogP contribution is 2.38. The molecule has 0 bridgehead atoms. The highest BCUT2D eigenvalue weighted by Gasteiger charge is 2.24. The van der Waals surface area contributed by atoms with Gasteiger partial charge in [0, 0.05) is 39.1 Å². The molecule has 71 heavy (non-hydrogen) atoms. The minimum atomic E-state index is -0.169. The van der Waals surface area contributed by atoms with Gasteiger partial charge in [-0.15, -0.1) is 10.2 Å². The van der Waals surface area contributed by atoms with E-state index >= 15 is 0 Å². The normalized spacial score (nSPS) is 11.6. The van der Waals surface area contributed by atoms with Crippen LogP contribution in [0.25, 0.3) is 107 Å². The summed E-state index contributed by atoms with van der Waals surface area (Å²) >= 11 is 0. The van der Waals surface area contributed by atoms with Gasteiger partial charge in [0.25, 0.3) is 0 Å². The van der Waals surface area contributed by atoms with Crippen molar-refractivity contribution in [1.82, 2.24) is 34.7 Å². The first kappa shape index (κ1) is 43.1. The summed E-state index contributed by atoms with van der Waals surface area (Å²) in [4.78, 5) is 21.4. The van der Waals surface area contributed by atoms with Gasteiger partial charge in [-0.3, -0.25) is 4.57 Å². The van der Waals surface area contributed by atoms with Gasteiger partial charge in [0.2, 0.25) is 0 Å². The van der Waals surface area contributed by atoms with E-state index in [1.165, 1.54) is 16.7 Å². The zero-order valence-corrected chi connectivity index (χ0v) is 39.4. The largest absolute Gasteiger partial charge is 0.275 e. The van der Waals surface area contributed by atoms with Crippen LogP contribution in [0.5, 0.6) is 0 Å². The molecule has 0 aliphatic heterocycles. The third-order valence-corrected chi connectivity index (χ3v) is 13.3. The lowest BCUT2D eigenvalue weighted by atomic mass is 9.79. The molecule has 0 saturated carbocycles. The van der Waals surface area contributed by atoms with Crippen LogP contribution in [0.3, 0.4) is 0 Å². The van der Waals surface area contributed by atoms with Crippen LogP contribution in [0.1, 0.15) is 25.0 Å². The van der Waals surface area contributed by atoms with Crippen LogP contribution >= 0.6 is 0 Å². The Bertz CT molecular complexity index is 3800. The summed E-state index contributed by atoms with van der Waals surface area (Å²) in [5, 5.41) is 9.57. The number of hydrogen-bond donors (Lipinski definition) is 0. The van der Waals surface area contributed by atoms with Crippen molar-refractivity contribution in [2.45, 2.75) is 25.7 Å². The first-order valence-corrected chi connectivity index (χ1v) is 24.0. The molecule has 0 radical (unpaired) electrons. The summed E-state index contributed by atoms with van der Waals surface area (Å²) in [6.07, 6.45) is 0.838. The molecular formula is C64H47N7. The lowest BCUT2D eigenvalue weighted by molar-refractivity contribution is 0.522. The molecule has 7 heteroatoms. The summed E-state index contributed by atoms with van der Waals surface area (Å²) in [7, 11) is 0. The number of nitrogens with zero attached hydrogens (tertiary/aromatic N) is 7. The SMILES string of the molecule is CC(C)(Cc1ccc(-c2nc3ccc4nc(-c5ccccc5)c(-c5ccccc5)nc4c3nc2-c2ccccc2)cc1)c1ccc(-c2nnc(-c3ccc(-c4ccccc4)cc3)n2-c2ccccc2)cc1. The molecule has 0 aliphatic carbocycles. The third kappa shape index (κ3) is 8.44. The lowest BCUT2D eigenvalue weighted by Crippen LogP contribution is -2.20. The van der Waals surface area contributed by atoms with Gasteiger partial charge < -0.3 is 0 Å². The molecule has 0 unspecified atom stereocenters. The fourth-order valence-electron chi connectivity index (χ4n) is 9.61. The van der Waals surface area contributed by atoms with Crippen LogP contribution in [0.4, 0.5) is 0 Å². The fourth-order valence-corrected chi connectivity index (χ4v) is 9.61. The Kier molecular flexibility index (Phi) is 11.2. The Balaban J connectivity index is 0.849. The van der Waals surface area contributed by atoms with E-state index < -0.39 is 0 Å². The lowest BCUT2D eigenvalue weighted by Gasteiger charge is -2.26. The highest BCUT2D eigenvalue weighted by atomic mass is 15.3. The Morgan fingerprint density at radius 2 is 0.662 bits per heavy atom. The van der Waals surface area contributed by atoms with Crippen molar-refractivity contribution in [1.29, 1.82) is 0 Å². The Hall–Kier alpha value is -9.20. The summed E-state index contributed by atoms with van der Waals surface area (Å²) in [6, 6.07) is 81.8. The van der Waals surface area contributed by atoms with Crippen molar-refractivity contribution in [3.63, 3.8) is 0 Å². The van der Waals surface area contributed by atoms with E-state index in [0.717, 1.165) is 102 Å². The predicted molar refractivity (Wildman–Crippen MR) is 289 cm³/mol. The number of benzene rings is 9. The second-order valence-corrected chi connectivity index (χ2v) is 18.5. The van der Waals surface area contributed by atoms with Crippen LogP contribution in [0.15, 0.2) is 237 Å². The maximum absolute atomic E-state index is 5.42. The van der Waals surface area contributed by atoms with E-state index in [9.17, 15) is 0 Å². The molecule has 3 heterocycles. The van der Waals surface area contributed by atoms with E-state index in [1.54, 1.807) is 0 Å².